The molecule has 1 aromatic heterocycles. The van der Waals surface area contributed by atoms with Gasteiger partial charge in [0.25, 0.3) is 0 Å². The summed E-state index contributed by atoms with van der Waals surface area (Å²) in [6.45, 7) is 0.542. The fourth-order valence-corrected chi connectivity index (χ4v) is 1.61. The van der Waals surface area contributed by atoms with Crippen molar-refractivity contribution in [2.24, 2.45) is 0 Å². The van der Waals surface area contributed by atoms with Gasteiger partial charge in [0.05, 0.1) is 23.9 Å². The van der Waals surface area contributed by atoms with Gasteiger partial charge in [0, 0.05) is 6.54 Å². The van der Waals surface area contributed by atoms with Gasteiger partial charge < -0.3 is 15.2 Å². The molecule has 0 bridgehead atoms. The van der Waals surface area contributed by atoms with Crippen molar-refractivity contribution in [2.75, 3.05) is 0 Å². The molecule has 0 radical (unpaired) electrons. The number of hydrogen-bond donors (Lipinski definition) is 3. The maximum absolute atomic E-state index is 11.0. The summed E-state index contributed by atoms with van der Waals surface area (Å²) in [6, 6.07) is 9.11. The topological polar surface area (TPSA) is 81.6 Å². The van der Waals surface area contributed by atoms with Crippen LogP contribution in [0.4, 0.5) is 0 Å². The van der Waals surface area contributed by atoms with Crippen molar-refractivity contribution in [3.8, 4) is 0 Å². The van der Waals surface area contributed by atoms with Gasteiger partial charge >= 0.3 is 0 Å². The van der Waals surface area contributed by atoms with Gasteiger partial charge in [-0.25, -0.2) is 4.98 Å². The van der Waals surface area contributed by atoms with Crippen LogP contribution in [0.25, 0.3) is 0 Å². The van der Waals surface area contributed by atoms with E-state index in [9.17, 15) is 4.79 Å². The number of aldehydes is 1. The smallest absolute Gasteiger partial charge is 0.143 e. The van der Waals surface area contributed by atoms with E-state index in [1.165, 1.54) is 12.5 Å². The number of rotatable bonds is 6. The molecule has 92 valence electrons. The van der Waals surface area contributed by atoms with Crippen LogP contribution in [0.15, 0.2) is 42.9 Å². The third-order valence-electron chi connectivity index (χ3n) is 2.60. The number of imidazole rings is 1. The number of nitrogens with zero attached hydrogens (tertiary/aromatic N) is 1. The maximum Gasteiger partial charge on any atom is 0.143 e. The van der Waals surface area contributed by atoms with Crippen molar-refractivity contribution in [2.45, 2.75) is 12.6 Å². The molecule has 0 saturated carbocycles. The number of hydrogen-bond acceptors (Lipinski definition) is 4. The lowest BCUT2D eigenvalue weighted by Gasteiger charge is -2.12. The average molecular weight is 242 g/mol. The van der Waals surface area contributed by atoms with E-state index in [-0.39, 0.29) is 5.71 Å². The van der Waals surface area contributed by atoms with E-state index in [0.29, 0.717) is 12.2 Å². The van der Waals surface area contributed by atoms with Crippen LogP contribution in [0.2, 0.25) is 0 Å². The Hall–Kier alpha value is -2.27. The normalized spacial score (nSPS) is 12.0. The maximum atomic E-state index is 11.0. The summed E-state index contributed by atoms with van der Waals surface area (Å²) in [5.74, 6) is 0. The minimum atomic E-state index is -0.634. The van der Waals surface area contributed by atoms with Crippen molar-refractivity contribution in [1.82, 2.24) is 15.3 Å². The first-order valence-electron chi connectivity index (χ1n) is 5.61. The number of aromatic amines is 1. The molecule has 1 atom stereocenters. The Morgan fingerprint density at radius 2 is 2.22 bits per heavy atom. The molecule has 0 spiro atoms. The number of nitrogens with one attached hydrogen (secondary N) is 3. The van der Waals surface area contributed by atoms with E-state index >= 15 is 0 Å². The molecule has 0 fully saturated rings. The molecule has 18 heavy (non-hydrogen) atoms. The van der Waals surface area contributed by atoms with Crippen molar-refractivity contribution in [3.05, 3.63) is 54.1 Å². The number of benzene rings is 1. The van der Waals surface area contributed by atoms with E-state index in [0.717, 1.165) is 11.8 Å². The fraction of sp³-hybridized carbons (Fsp3) is 0.154. The Bertz CT molecular complexity index is 507. The van der Waals surface area contributed by atoms with E-state index in [2.05, 4.69) is 15.3 Å². The van der Waals surface area contributed by atoms with Gasteiger partial charge in [-0.15, -0.1) is 0 Å². The molecule has 0 amide bonds. The standard InChI is InChI=1S/C13H14N4O/c14-13(11-7-15-9-17-11)12(8-18)16-6-10-4-2-1-3-5-10/h1-5,7-9,12,14,16H,6H2,(H,15,17)/t12-/m0/s1. The van der Waals surface area contributed by atoms with Crippen molar-refractivity contribution in [3.63, 3.8) is 0 Å². The summed E-state index contributed by atoms with van der Waals surface area (Å²) < 4.78 is 0. The summed E-state index contributed by atoms with van der Waals surface area (Å²) in [5, 5.41) is 10.9. The number of aromatic nitrogens is 2. The molecular formula is C13H14N4O. The lowest BCUT2D eigenvalue weighted by Crippen LogP contribution is -2.37. The molecule has 5 nitrogen and oxygen atoms in total. The Morgan fingerprint density at radius 1 is 1.44 bits per heavy atom. The van der Waals surface area contributed by atoms with Gasteiger partial charge in [-0.05, 0) is 5.56 Å². The monoisotopic (exact) mass is 242 g/mol. The third-order valence-corrected chi connectivity index (χ3v) is 2.60. The van der Waals surface area contributed by atoms with E-state index in [1.807, 2.05) is 30.3 Å². The Balaban J connectivity index is 1.98. The molecule has 1 aromatic carbocycles. The zero-order valence-electron chi connectivity index (χ0n) is 9.76. The van der Waals surface area contributed by atoms with Crippen molar-refractivity contribution >= 4 is 12.0 Å². The van der Waals surface area contributed by atoms with Gasteiger partial charge in [0.1, 0.15) is 12.3 Å². The molecule has 2 rings (SSSR count). The highest BCUT2D eigenvalue weighted by molar-refractivity contribution is 6.08. The molecular weight excluding hydrogens is 228 g/mol. The molecule has 0 unspecified atom stereocenters. The van der Waals surface area contributed by atoms with Crippen LogP contribution >= 0.6 is 0 Å². The highest BCUT2D eigenvalue weighted by Gasteiger charge is 2.15. The Labute approximate surface area is 105 Å². The zero-order valence-corrected chi connectivity index (χ0v) is 9.76. The first-order chi connectivity index (χ1) is 8.81. The quantitative estimate of drug-likeness (QED) is 0.524. The minimum absolute atomic E-state index is 0.193. The third kappa shape index (κ3) is 2.89. The lowest BCUT2D eigenvalue weighted by atomic mass is 10.1. The van der Waals surface area contributed by atoms with Gasteiger partial charge in [0.2, 0.25) is 0 Å². The average Bonchev–Trinajstić information content (AvgIpc) is 2.94. The highest BCUT2D eigenvalue weighted by atomic mass is 16.1. The van der Waals surface area contributed by atoms with Crippen LogP contribution in [0.5, 0.6) is 0 Å². The van der Waals surface area contributed by atoms with Gasteiger partial charge in [0.15, 0.2) is 0 Å². The molecule has 5 heteroatoms. The number of carbonyl (C=O) groups is 1. The van der Waals surface area contributed by atoms with Crippen LogP contribution < -0.4 is 5.32 Å². The summed E-state index contributed by atoms with van der Waals surface area (Å²) in [7, 11) is 0. The second-order valence-electron chi connectivity index (χ2n) is 3.86. The summed E-state index contributed by atoms with van der Waals surface area (Å²) >= 11 is 0. The second kappa shape index (κ2) is 5.88. The van der Waals surface area contributed by atoms with Gasteiger partial charge in [-0.1, -0.05) is 30.3 Å². The van der Waals surface area contributed by atoms with E-state index in [4.69, 9.17) is 5.41 Å². The van der Waals surface area contributed by atoms with Crippen LogP contribution in [-0.4, -0.2) is 28.0 Å². The summed E-state index contributed by atoms with van der Waals surface area (Å²) in [5.41, 5.74) is 1.81. The van der Waals surface area contributed by atoms with Crippen LogP contribution in [-0.2, 0) is 11.3 Å². The number of carbonyl (C=O) groups excluding carboxylic acids is 1. The van der Waals surface area contributed by atoms with Crippen molar-refractivity contribution < 1.29 is 4.79 Å². The molecule has 0 aliphatic carbocycles. The van der Waals surface area contributed by atoms with Crippen LogP contribution in [0, 0.1) is 5.41 Å². The van der Waals surface area contributed by atoms with E-state index in [1.54, 1.807) is 0 Å². The summed E-state index contributed by atoms with van der Waals surface area (Å²) in [6.07, 6.45) is 3.75. The lowest BCUT2D eigenvalue weighted by molar-refractivity contribution is -0.108. The first kappa shape index (κ1) is 12.2. The van der Waals surface area contributed by atoms with Crippen LogP contribution in [0.1, 0.15) is 11.3 Å². The highest BCUT2D eigenvalue weighted by Crippen LogP contribution is 2.01. The van der Waals surface area contributed by atoms with Gasteiger partial charge in [-0.2, -0.15) is 0 Å². The molecule has 0 aliphatic heterocycles. The largest absolute Gasteiger partial charge is 0.344 e. The molecule has 0 saturated heterocycles. The second-order valence-corrected chi connectivity index (χ2v) is 3.86. The first-order valence-corrected chi connectivity index (χ1v) is 5.61. The predicted molar refractivity (Wildman–Crippen MR) is 68.6 cm³/mol. The Kier molecular flexibility index (Phi) is 3.98. The predicted octanol–water partition coefficient (Wildman–Crippen LogP) is 1.13. The van der Waals surface area contributed by atoms with Gasteiger partial charge in [-0.3, -0.25) is 5.32 Å². The fourth-order valence-electron chi connectivity index (χ4n) is 1.61. The Morgan fingerprint density at radius 3 is 2.83 bits per heavy atom. The SMILES string of the molecule is N=C(c1cnc[nH]1)[C@H](C=O)NCc1ccccc1. The zero-order chi connectivity index (χ0) is 12.8. The molecule has 1 heterocycles. The molecule has 3 N–H and O–H groups in total. The molecule has 2 aromatic rings. The minimum Gasteiger partial charge on any atom is -0.344 e. The number of H-pyrrole nitrogens is 1. The summed E-state index contributed by atoms with van der Waals surface area (Å²) in [4.78, 5) is 17.7. The van der Waals surface area contributed by atoms with Crippen LogP contribution in [0.3, 0.4) is 0 Å². The van der Waals surface area contributed by atoms with Crippen molar-refractivity contribution in [1.29, 1.82) is 5.41 Å². The molecule has 0 aliphatic rings. The van der Waals surface area contributed by atoms with E-state index < -0.39 is 6.04 Å².